The van der Waals surface area contributed by atoms with Crippen LogP contribution in [0.25, 0.3) is 0 Å². The zero-order valence-corrected chi connectivity index (χ0v) is 11.0. The standard InChI is InChI=1S/C13H28O4/c1-2-3-4-5-6-7-8-12(15)10-17-11-13(16)9-14/h12-16H,2-11H2,1H3. The van der Waals surface area contributed by atoms with Gasteiger partial charge < -0.3 is 20.1 Å². The van der Waals surface area contributed by atoms with Crippen LogP contribution in [0.5, 0.6) is 0 Å². The van der Waals surface area contributed by atoms with Gasteiger partial charge in [0.25, 0.3) is 0 Å². The highest BCUT2D eigenvalue weighted by Crippen LogP contribution is 2.08. The fraction of sp³-hybridized carbons (Fsp3) is 1.00. The minimum Gasteiger partial charge on any atom is -0.394 e. The van der Waals surface area contributed by atoms with Crippen molar-refractivity contribution in [2.24, 2.45) is 0 Å². The number of unbranched alkanes of at least 4 members (excludes halogenated alkanes) is 5. The van der Waals surface area contributed by atoms with Crippen molar-refractivity contribution in [3.8, 4) is 0 Å². The van der Waals surface area contributed by atoms with Crippen molar-refractivity contribution in [2.75, 3.05) is 19.8 Å². The van der Waals surface area contributed by atoms with Gasteiger partial charge in [-0.15, -0.1) is 0 Å². The van der Waals surface area contributed by atoms with Gasteiger partial charge in [-0.05, 0) is 6.42 Å². The maximum Gasteiger partial charge on any atom is 0.100 e. The normalized spacial score (nSPS) is 14.8. The molecule has 0 radical (unpaired) electrons. The molecule has 0 saturated heterocycles. The molecule has 0 saturated carbocycles. The first-order chi connectivity index (χ1) is 8.20. The summed E-state index contributed by atoms with van der Waals surface area (Å²) in [5.74, 6) is 0. The van der Waals surface area contributed by atoms with Crippen molar-refractivity contribution in [1.29, 1.82) is 0 Å². The van der Waals surface area contributed by atoms with Crippen LogP contribution in [0.1, 0.15) is 51.9 Å². The Balaban J connectivity index is 3.20. The lowest BCUT2D eigenvalue weighted by Crippen LogP contribution is -2.23. The van der Waals surface area contributed by atoms with E-state index < -0.39 is 12.2 Å². The van der Waals surface area contributed by atoms with Crippen molar-refractivity contribution in [1.82, 2.24) is 0 Å². The topological polar surface area (TPSA) is 69.9 Å². The molecule has 0 fully saturated rings. The van der Waals surface area contributed by atoms with Gasteiger partial charge in [0.15, 0.2) is 0 Å². The molecular weight excluding hydrogens is 220 g/mol. The second kappa shape index (κ2) is 12.3. The second-order valence-electron chi connectivity index (χ2n) is 4.58. The quantitative estimate of drug-likeness (QED) is 0.457. The summed E-state index contributed by atoms with van der Waals surface area (Å²) in [4.78, 5) is 0. The summed E-state index contributed by atoms with van der Waals surface area (Å²) in [6.07, 6.45) is 6.72. The zero-order valence-electron chi connectivity index (χ0n) is 11.0. The van der Waals surface area contributed by atoms with Gasteiger partial charge in [0.2, 0.25) is 0 Å². The van der Waals surface area contributed by atoms with Crippen LogP contribution >= 0.6 is 0 Å². The number of aliphatic hydroxyl groups is 3. The molecule has 0 rings (SSSR count). The molecule has 104 valence electrons. The van der Waals surface area contributed by atoms with Crippen molar-refractivity contribution in [3.63, 3.8) is 0 Å². The van der Waals surface area contributed by atoms with Crippen molar-refractivity contribution < 1.29 is 20.1 Å². The van der Waals surface area contributed by atoms with E-state index in [1.165, 1.54) is 25.7 Å². The number of hydrogen-bond donors (Lipinski definition) is 3. The predicted octanol–water partition coefficient (Wildman–Crippen LogP) is 1.47. The summed E-state index contributed by atoms with van der Waals surface area (Å²) in [7, 11) is 0. The Bertz CT molecular complexity index is 152. The number of aliphatic hydroxyl groups excluding tert-OH is 3. The highest BCUT2D eigenvalue weighted by molar-refractivity contribution is 4.56. The first-order valence-electron chi connectivity index (χ1n) is 6.75. The van der Waals surface area contributed by atoms with E-state index in [2.05, 4.69) is 6.92 Å². The smallest absolute Gasteiger partial charge is 0.100 e. The number of rotatable bonds is 12. The Labute approximate surface area is 105 Å². The summed E-state index contributed by atoms with van der Waals surface area (Å²) >= 11 is 0. The molecular formula is C13H28O4. The number of ether oxygens (including phenoxy) is 1. The van der Waals surface area contributed by atoms with E-state index in [1.54, 1.807) is 0 Å². The minimum atomic E-state index is -0.837. The molecule has 3 N–H and O–H groups in total. The summed E-state index contributed by atoms with van der Waals surface area (Å²) in [5, 5.41) is 27.1. The zero-order chi connectivity index (χ0) is 12.9. The van der Waals surface area contributed by atoms with Gasteiger partial charge in [-0.25, -0.2) is 0 Å². The molecule has 0 aromatic heterocycles. The van der Waals surface area contributed by atoms with Crippen LogP contribution in [0.2, 0.25) is 0 Å². The predicted molar refractivity (Wildman–Crippen MR) is 67.9 cm³/mol. The third kappa shape index (κ3) is 12.1. The van der Waals surface area contributed by atoms with Crippen LogP contribution in [-0.4, -0.2) is 47.3 Å². The van der Waals surface area contributed by atoms with E-state index >= 15 is 0 Å². The van der Waals surface area contributed by atoms with E-state index in [0.717, 1.165) is 19.3 Å². The molecule has 0 spiro atoms. The first-order valence-corrected chi connectivity index (χ1v) is 6.75. The van der Waals surface area contributed by atoms with Crippen molar-refractivity contribution in [3.05, 3.63) is 0 Å². The molecule has 2 unspecified atom stereocenters. The molecule has 0 aliphatic heterocycles. The van der Waals surface area contributed by atoms with E-state index in [9.17, 15) is 5.11 Å². The van der Waals surface area contributed by atoms with Crippen LogP contribution in [-0.2, 0) is 4.74 Å². The van der Waals surface area contributed by atoms with Gasteiger partial charge in [0.05, 0.1) is 25.9 Å². The molecule has 0 heterocycles. The van der Waals surface area contributed by atoms with Crippen LogP contribution < -0.4 is 0 Å². The lowest BCUT2D eigenvalue weighted by molar-refractivity contribution is -0.0262. The third-order valence-corrected chi connectivity index (χ3v) is 2.72. The Hall–Kier alpha value is -0.160. The Morgan fingerprint density at radius 1 is 0.882 bits per heavy atom. The second-order valence-corrected chi connectivity index (χ2v) is 4.58. The Morgan fingerprint density at radius 3 is 2.12 bits per heavy atom. The molecule has 4 nitrogen and oxygen atoms in total. The molecule has 2 atom stereocenters. The lowest BCUT2D eigenvalue weighted by Gasteiger charge is -2.12. The fourth-order valence-electron chi connectivity index (χ4n) is 1.64. The number of hydrogen-bond acceptors (Lipinski definition) is 4. The molecule has 0 aromatic carbocycles. The maximum atomic E-state index is 9.57. The van der Waals surface area contributed by atoms with Crippen LogP contribution in [0, 0.1) is 0 Å². The largest absolute Gasteiger partial charge is 0.394 e. The molecule has 0 aliphatic rings. The van der Waals surface area contributed by atoms with Crippen molar-refractivity contribution in [2.45, 2.75) is 64.1 Å². The van der Waals surface area contributed by atoms with Gasteiger partial charge in [-0.3, -0.25) is 0 Å². The third-order valence-electron chi connectivity index (χ3n) is 2.72. The Kier molecular flexibility index (Phi) is 12.2. The summed E-state index contributed by atoms with van der Waals surface area (Å²) < 4.78 is 5.08. The molecule has 4 heteroatoms. The summed E-state index contributed by atoms with van der Waals surface area (Å²) in [6.45, 7) is 2.23. The van der Waals surface area contributed by atoms with Crippen LogP contribution in [0.3, 0.4) is 0 Å². The first kappa shape index (κ1) is 16.8. The van der Waals surface area contributed by atoms with Gasteiger partial charge in [0, 0.05) is 0 Å². The maximum absolute atomic E-state index is 9.57. The minimum absolute atomic E-state index is 0.0874. The Morgan fingerprint density at radius 2 is 1.47 bits per heavy atom. The van der Waals surface area contributed by atoms with E-state index in [1.807, 2.05) is 0 Å². The molecule has 0 bridgehead atoms. The van der Waals surface area contributed by atoms with Gasteiger partial charge >= 0.3 is 0 Å². The van der Waals surface area contributed by atoms with Crippen molar-refractivity contribution >= 4 is 0 Å². The SMILES string of the molecule is CCCCCCCCC(O)COCC(O)CO. The average Bonchev–Trinajstić information content (AvgIpc) is 2.33. The van der Waals surface area contributed by atoms with Crippen LogP contribution in [0.15, 0.2) is 0 Å². The molecule has 0 aromatic rings. The highest BCUT2D eigenvalue weighted by atomic mass is 16.5. The van der Waals surface area contributed by atoms with Gasteiger partial charge in [-0.1, -0.05) is 45.4 Å². The van der Waals surface area contributed by atoms with E-state index in [-0.39, 0.29) is 19.8 Å². The lowest BCUT2D eigenvalue weighted by atomic mass is 10.1. The summed E-state index contributed by atoms with van der Waals surface area (Å²) in [6, 6.07) is 0. The fourth-order valence-corrected chi connectivity index (χ4v) is 1.64. The monoisotopic (exact) mass is 248 g/mol. The average molecular weight is 248 g/mol. The summed E-state index contributed by atoms with van der Waals surface area (Å²) in [5.41, 5.74) is 0. The van der Waals surface area contributed by atoms with Gasteiger partial charge in [-0.2, -0.15) is 0 Å². The highest BCUT2D eigenvalue weighted by Gasteiger charge is 2.06. The molecule has 17 heavy (non-hydrogen) atoms. The molecule has 0 amide bonds. The van der Waals surface area contributed by atoms with Crippen LogP contribution in [0.4, 0.5) is 0 Å². The van der Waals surface area contributed by atoms with Gasteiger partial charge in [0.1, 0.15) is 6.10 Å². The molecule has 0 aliphatic carbocycles. The van der Waals surface area contributed by atoms with E-state index in [0.29, 0.717) is 0 Å². The van der Waals surface area contributed by atoms with E-state index in [4.69, 9.17) is 14.9 Å².